The fourth-order valence-electron chi connectivity index (χ4n) is 3.65. The molecule has 0 bridgehead atoms. The quantitative estimate of drug-likeness (QED) is 0.245. The summed E-state index contributed by atoms with van der Waals surface area (Å²) in [6.07, 6.45) is 5.40. The first-order valence-electron chi connectivity index (χ1n) is 11.9. The number of hydrogen-bond acceptors (Lipinski definition) is 5. The Kier molecular flexibility index (Phi) is 12.8. The topological polar surface area (TPSA) is 90.9 Å². The van der Waals surface area contributed by atoms with Gasteiger partial charge in [0.05, 0.1) is 12.6 Å². The van der Waals surface area contributed by atoms with Gasteiger partial charge < -0.3 is 25.6 Å². The molecule has 1 aromatic rings. The van der Waals surface area contributed by atoms with Crippen molar-refractivity contribution in [3.8, 4) is 0 Å². The van der Waals surface area contributed by atoms with Crippen LogP contribution in [0.2, 0.25) is 0 Å². The molecule has 33 heavy (non-hydrogen) atoms. The van der Waals surface area contributed by atoms with Gasteiger partial charge in [-0.2, -0.15) is 0 Å². The van der Waals surface area contributed by atoms with E-state index >= 15 is 0 Å². The molecule has 0 aromatic carbocycles. The minimum absolute atomic E-state index is 0. The van der Waals surface area contributed by atoms with Gasteiger partial charge in [-0.3, -0.25) is 4.99 Å². The molecule has 9 heteroatoms. The lowest BCUT2D eigenvalue weighted by Gasteiger charge is -2.34. The second-order valence-corrected chi connectivity index (χ2v) is 9.45. The fraction of sp³-hybridized carbons (Fsp3) is 0.708. The molecule has 2 rings (SSSR count). The van der Waals surface area contributed by atoms with Crippen molar-refractivity contribution in [2.24, 2.45) is 4.99 Å². The molecule has 2 heterocycles. The first-order chi connectivity index (χ1) is 15.2. The van der Waals surface area contributed by atoms with Crippen molar-refractivity contribution >= 4 is 41.8 Å². The number of pyridine rings is 1. The van der Waals surface area contributed by atoms with Gasteiger partial charge in [-0.25, -0.2) is 9.78 Å². The summed E-state index contributed by atoms with van der Waals surface area (Å²) < 4.78 is 5.40. The van der Waals surface area contributed by atoms with Crippen LogP contribution in [0.15, 0.2) is 23.3 Å². The van der Waals surface area contributed by atoms with Crippen LogP contribution in [-0.4, -0.2) is 60.9 Å². The van der Waals surface area contributed by atoms with E-state index in [1.807, 2.05) is 27.0 Å². The van der Waals surface area contributed by atoms with Gasteiger partial charge in [0.15, 0.2) is 5.96 Å². The number of nitrogens with zero attached hydrogens (tertiary/aromatic N) is 3. The standard InChI is InChI=1S/C24H42N6O2.HI/c1-7-9-20(29-23(31)32-24(4,5)6)17-27-22(25-8-2)28-19-12-14-30(15-13-19)21-11-10-18(3)16-26-21;/h10-11,16,19-20H,7-9,12-15,17H2,1-6H3,(H,29,31)(H2,25,27,28);1H. The number of aryl methyl sites for hydroxylation is 1. The van der Waals surface area contributed by atoms with Crippen LogP contribution in [0.1, 0.15) is 65.9 Å². The molecule has 0 spiro atoms. The zero-order valence-electron chi connectivity index (χ0n) is 21.1. The van der Waals surface area contributed by atoms with Crippen LogP contribution in [0.25, 0.3) is 0 Å². The van der Waals surface area contributed by atoms with Gasteiger partial charge in [-0.1, -0.05) is 19.4 Å². The molecule has 1 aliphatic rings. The number of carbonyl (C=O) groups is 1. The van der Waals surface area contributed by atoms with Gasteiger partial charge in [0.25, 0.3) is 0 Å². The van der Waals surface area contributed by atoms with Gasteiger partial charge >= 0.3 is 6.09 Å². The molecule has 1 atom stereocenters. The molecule has 1 aliphatic heterocycles. The van der Waals surface area contributed by atoms with E-state index in [0.29, 0.717) is 12.6 Å². The van der Waals surface area contributed by atoms with E-state index in [-0.39, 0.29) is 36.1 Å². The van der Waals surface area contributed by atoms with Crippen LogP contribution in [0.4, 0.5) is 10.6 Å². The first-order valence-corrected chi connectivity index (χ1v) is 11.9. The molecule has 1 amide bonds. The minimum atomic E-state index is -0.510. The molecule has 0 aliphatic carbocycles. The lowest BCUT2D eigenvalue weighted by atomic mass is 10.1. The molecule has 1 fully saturated rings. The third kappa shape index (κ3) is 11.3. The second kappa shape index (κ2) is 14.5. The van der Waals surface area contributed by atoms with E-state index in [2.05, 4.69) is 58.7 Å². The Bertz CT molecular complexity index is 727. The van der Waals surface area contributed by atoms with Crippen LogP contribution in [0.5, 0.6) is 0 Å². The summed E-state index contributed by atoms with van der Waals surface area (Å²) >= 11 is 0. The summed E-state index contributed by atoms with van der Waals surface area (Å²) in [6.45, 7) is 15.1. The van der Waals surface area contributed by atoms with Crippen LogP contribution in [-0.2, 0) is 4.74 Å². The number of aliphatic imine (C=N–C) groups is 1. The van der Waals surface area contributed by atoms with Gasteiger partial charge in [-0.05, 0) is 65.5 Å². The number of amides is 1. The monoisotopic (exact) mass is 574 g/mol. The molecule has 188 valence electrons. The average molecular weight is 575 g/mol. The summed E-state index contributed by atoms with van der Waals surface area (Å²) in [5.41, 5.74) is 0.670. The average Bonchev–Trinajstić information content (AvgIpc) is 2.72. The van der Waals surface area contributed by atoms with Crippen LogP contribution in [0.3, 0.4) is 0 Å². The minimum Gasteiger partial charge on any atom is -0.444 e. The van der Waals surface area contributed by atoms with Crippen LogP contribution < -0.4 is 20.9 Å². The van der Waals surface area contributed by atoms with E-state index in [1.54, 1.807) is 0 Å². The van der Waals surface area contributed by atoms with Crippen molar-refractivity contribution in [3.63, 3.8) is 0 Å². The SMILES string of the molecule is CCCC(CN=C(NCC)NC1CCN(c2ccc(C)cn2)CC1)NC(=O)OC(C)(C)C.I. The Morgan fingerprint density at radius 2 is 1.97 bits per heavy atom. The largest absolute Gasteiger partial charge is 0.444 e. The van der Waals surface area contributed by atoms with Gasteiger partial charge in [-0.15, -0.1) is 24.0 Å². The number of nitrogens with one attached hydrogen (secondary N) is 3. The molecule has 3 N–H and O–H groups in total. The molecule has 0 radical (unpaired) electrons. The second-order valence-electron chi connectivity index (χ2n) is 9.45. The Labute approximate surface area is 216 Å². The van der Waals surface area contributed by atoms with Crippen molar-refractivity contribution in [1.29, 1.82) is 0 Å². The molecular formula is C24H43IN6O2. The fourth-order valence-corrected chi connectivity index (χ4v) is 3.65. The van der Waals surface area contributed by atoms with Gasteiger partial charge in [0, 0.05) is 31.9 Å². The number of rotatable bonds is 8. The van der Waals surface area contributed by atoms with Gasteiger partial charge in [0.1, 0.15) is 11.4 Å². The maximum Gasteiger partial charge on any atom is 0.407 e. The third-order valence-corrected chi connectivity index (χ3v) is 5.23. The van der Waals surface area contributed by atoms with Crippen molar-refractivity contribution < 1.29 is 9.53 Å². The summed E-state index contributed by atoms with van der Waals surface area (Å²) in [4.78, 5) is 23.8. The Morgan fingerprint density at radius 1 is 1.27 bits per heavy atom. The number of aromatic nitrogens is 1. The van der Waals surface area contributed by atoms with Crippen molar-refractivity contribution in [1.82, 2.24) is 20.9 Å². The van der Waals surface area contributed by atoms with Crippen molar-refractivity contribution in [2.45, 2.75) is 84.9 Å². The summed E-state index contributed by atoms with van der Waals surface area (Å²) in [5, 5.41) is 9.88. The molecular weight excluding hydrogens is 531 g/mol. The maximum absolute atomic E-state index is 12.2. The van der Waals surface area contributed by atoms with Crippen molar-refractivity contribution in [2.75, 3.05) is 31.1 Å². The molecule has 1 saturated heterocycles. The molecule has 0 saturated carbocycles. The molecule has 1 unspecified atom stereocenters. The summed E-state index contributed by atoms with van der Waals surface area (Å²) in [5.74, 6) is 1.84. The van der Waals surface area contributed by atoms with Crippen molar-refractivity contribution in [3.05, 3.63) is 23.9 Å². The molecule has 8 nitrogen and oxygen atoms in total. The van der Waals surface area contributed by atoms with E-state index in [0.717, 1.165) is 57.1 Å². The zero-order chi connectivity index (χ0) is 23.6. The Balaban J connectivity index is 0.00000544. The van der Waals surface area contributed by atoms with Gasteiger partial charge in [0.2, 0.25) is 0 Å². The summed E-state index contributed by atoms with van der Waals surface area (Å²) in [7, 11) is 0. The van der Waals surface area contributed by atoms with E-state index < -0.39 is 5.60 Å². The number of ether oxygens (including phenoxy) is 1. The molecule has 1 aromatic heterocycles. The number of hydrogen-bond donors (Lipinski definition) is 3. The van der Waals surface area contributed by atoms with E-state index in [4.69, 9.17) is 9.73 Å². The highest BCUT2D eigenvalue weighted by Crippen LogP contribution is 2.18. The lowest BCUT2D eigenvalue weighted by Crippen LogP contribution is -2.49. The highest BCUT2D eigenvalue weighted by Gasteiger charge is 2.22. The summed E-state index contributed by atoms with van der Waals surface area (Å²) in [6, 6.07) is 4.51. The first kappa shape index (κ1) is 29.3. The lowest BCUT2D eigenvalue weighted by molar-refractivity contribution is 0.0503. The number of guanidine groups is 1. The number of carbonyl (C=O) groups excluding carboxylic acids is 1. The predicted octanol–water partition coefficient (Wildman–Crippen LogP) is 4.23. The van der Waals surface area contributed by atoms with Crippen LogP contribution in [0, 0.1) is 6.92 Å². The Morgan fingerprint density at radius 3 is 2.52 bits per heavy atom. The number of anilines is 1. The normalized spacial score (nSPS) is 15.9. The predicted molar refractivity (Wildman–Crippen MR) is 147 cm³/mol. The third-order valence-electron chi connectivity index (χ3n) is 5.23. The highest BCUT2D eigenvalue weighted by atomic mass is 127. The number of alkyl carbamates (subject to hydrolysis) is 1. The smallest absolute Gasteiger partial charge is 0.407 e. The van der Waals surface area contributed by atoms with E-state index in [9.17, 15) is 4.79 Å². The Hall–Kier alpha value is -1.78. The van der Waals surface area contributed by atoms with Crippen LogP contribution >= 0.6 is 24.0 Å². The maximum atomic E-state index is 12.2. The number of halogens is 1. The highest BCUT2D eigenvalue weighted by molar-refractivity contribution is 14.0. The number of piperidine rings is 1. The zero-order valence-corrected chi connectivity index (χ0v) is 23.4. The van der Waals surface area contributed by atoms with E-state index in [1.165, 1.54) is 5.56 Å².